The number of carbonyl (C=O) groups is 1. The zero-order valence-electron chi connectivity index (χ0n) is 13.8. The fourth-order valence-corrected chi connectivity index (χ4v) is 4.41. The maximum absolute atomic E-state index is 12.9. The highest BCUT2D eigenvalue weighted by Gasteiger charge is 2.61. The van der Waals surface area contributed by atoms with Crippen molar-refractivity contribution < 1.29 is 14.3 Å². The van der Waals surface area contributed by atoms with Crippen LogP contribution in [0.5, 0.6) is 0 Å². The van der Waals surface area contributed by atoms with Crippen molar-refractivity contribution in [1.82, 2.24) is 4.90 Å². The lowest BCUT2D eigenvalue weighted by atomic mass is 9.56. The molecule has 4 unspecified atom stereocenters. The van der Waals surface area contributed by atoms with Gasteiger partial charge in [0.25, 0.3) is 5.91 Å². The number of amides is 1. The molecular formula is C18H25NO3. The maximum Gasteiger partial charge on any atom is 0.256 e. The van der Waals surface area contributed by atoms with Crippen LogP contribution in [0.2, 0.25) is 0 Å². The second-order valence-electron chi connectivity index (χ2n) is 6.99. The third kappa shape index (κ3) is 2.25. The first-order chi connectivity index (χ1) is 10.5. The van der Waals surface area contributed by atoms with Crippen LogP contribution in [-0.2, 0) is 14.3 Å². The van der Waals surface area contributed by atoms with Crippen LogP contribution < -0.4 is 0 Å². The molecule has 1 aromatic carbocycles. The first-order valence-corrected chi connectivity index (χ1v) is 7.94. The Balaban J connectivity index is 1.79. The van der Waals surface area contributed by atoms with Gasteiger partial charge in [-0.05, 0) is 12.0 Å². The summed E-state index contributed by atoms with van der Waals surface area (Å²) < 4.78 is 11.3. The molecule has 120 valence electrons. The molecule has 0 radical (unpaired) electrons. The van der Waals surface area contributed by atoms with Gasteiger partial charge in [-0.3, -0.25) is 4.79 Å². The molecule has 0 N–H and O–H groups in total. The van der Waals surface area contributed by atoms with Crippen molar-refractivity contribution in [1.29, 1.82) is 0 Å². The Hall–Kier alpha value is -1.39. The van der Waals surface area contributed by atoms with E-state index in [1.54, 1.807) is 7.11 Å². The summed E-state index contributed by atoms with van der Waals surface area (Å²) in [5, 5.41) is 0. The highest BCUT2D eigenvalue weighted by Crippen LogP contribution is 2.54. The average Bonchev–Trinajstić information content (AvgIpc) is 2.95. The van der Waals surface area contributed by atoms with E-state index in [1.165, 1.54) is 0 Å². The van der Waals surface area contributed by atoms with Gasteiger partial charge in [-0.2, -0.15) is 0 Å². The van der Waals surface area contributed by atoms with E-state index in [9.17, 15) is 4.79 Å². The molecule has 1 saturated carbocycles. The summed E-state index contributed by atoms with van der Waals surface area (Å²) in [7, 11) is 3.50. The summed E-state index contributed by atoms with van der Waals surface area (Å²) in [4.78, 5) is 14.8. The molecule has 22 heavy (non-hydrogen) atoms. The van der Waals surface area contributed by atoms with Crippen molar-refractivity contribution >= 4 is 5.91 Å². The van der Waals surface area contributed by atoms with Crippen molar-refractivity contribution in [3.8, 4) is 0 Å². The summed E-state index contributed by atoms with van der Waals surface area (Å²) in [6.07, 6.45) is 0.785. The van der Waals surface area contributed by atoms with E-state index >= 15 is 0 Å². The van der Waals surface area contributed by atoms with E-state index in [4.69, 9.17) is 9.47 Å². The summed E-state index contributed by atoms with van der Waals surface area (Å²) in [5.41, 5.74) is 0.902. The van der Waals surface area contributed by atoms with Gasteiger partial charge in [-0.1, -0.05) is 44.2 Å². The molecule has 1 saturated heterocycles. The minimum absolute atomic E-state index is 0.000552. The summed E-state index contributed by atoms with van der Waals surface area (Å²) >= 11 is 0. The van der Waals surface area contributed by atoms with Gasteiger partial charge in [0.2, 0.25) is 0 Å². The molecule has 0 bridgehead atoms. The molecule has 1 aromatic rings. The fourth-order valence-electron chi connectivity index (χ4n) is 4.41. The number of fused-ring (bicyclic) bond motifs is 1. The summed E-state index contributed by atoms with van der Waals surface area (Å²) in [5.74, 6) is 0.481. The molecule has 2 aliphatic rings. The molecule has 3 rings (SSSR count). The highest BCUT2D eigenvalue weighted by molar-refractivity contribution is 5.82. The lowest BCUT2D eigenvalue weighted by molar-refractivity contribution is -0.174. The highest BCUT2D eigenvalue weighted by atomic mass is 16.5. The molecule has 1 amide bonds. The van der Waals surface area contributed by atoms with Crippen LogP contribution in [0, 0.1) is 11.3 Å². The monoisotopic (exact) mass is 303 g/mol. The third-order valence-electron chi connectivity index (χ3n) is 5.37. The minimum atomic E-state index is -0.539. The minimum Gasteiger partial charge on any atom is -0.377 e. The molecule has 0 spiro atoms. The largest absolute Gasteiger partial charge is 0.377 e. The molecule has 4 atom stereocenters. The molecule has 4 heteroatoms. The van der Waals surface area contributed by atoms with Crippen LogP contribution >= 0.6 is 0 Å². The van der Waals surface area contributed by atoms with E-state index in [2.05, 4.69) is 13.8 Å². The lowest BCUT2D eigenvalue weighted by Crippen LogP contribution is -2.67. The second-order valence-corrected chi connectivity index (χ2v) is 6.99. The van der Waals surface area contributed by atoms with E-state index in [1.807, 2.05) is 42.3 Å². The third-order valence-corrected chi connectivity index (χ3v) is 5.37. The number of benzene rings is 1. The van der Waals surface area contributed by atoms with E-state index in [0.29, 0.717) is 5.92 Å². The number of likely N-dealkylation sites (N-methyl/N-ethyl adjacent to an activating group) is 1. The topological polar surface area (TPSA) is 38.8 Å². The molecule has 1 aliphatic heterocycles. The number of ether oxygens (including phenoxy) is 2. The van der Waals surface area contributed by atoms with Crippen LogP contribution in [0.15, 0.2) is 30.3 Å². The van der Waals surface area contributed by atoms with E-state index in [-0.39, 0.29) is 23.5 Å². The van der Waals surface area contributed by atoms with Gasteiger partial charge < -0.3 is 14.4 Å². The smallest absolute Gasteiger partial charge is 0.256 e. The first-order valence-electron chi connectivity index (χ1n) is 7.94. The number of rotatable bonds is 4. The normalized spacial score (nSPS) is 30.3. The number of carbonyl (C=O) groups excluding carboxylic acids is 1. The van der Waals surface area contributed by atoms with Gasteiger partial charge >= 0.3 is 0 Å². The van der Waals surface area contributed by atoms with Crippen molar-refractivity contribution in [2.24, 2.45) is 11.3 Å². The first kappa shape index (κ1) is 15.5. The van der Waals surface area contributed by atoms with Crippen molar-refractivity contribution in [2.75, 3.05) is 20.8 Å². The van der Waals surface area contributed by atoms with Crippen LogP contribution in [-0.4, -0.2) is 43.7 Å². The number of hydrogen-bond donors (Lipinski definition) is 0. The molecule has 0 aromatic heterocycles. The Kier molecular flexibility index (Phi) is 4.00. The zero-order chi connectivity index (χ0) is 15.9. The number of hydrogen-bond acceptors (Lipinski definition) is 3. The average molecular weight is 303 g/mol. The predicted octanol–water partition coefficient (Wildman–Crippen LogP) is 2.65. The van der Waals surface area contributed by atoms with Gasteiger partial charge in [-0.15, -0.1) is 0 Å². The SMILES string of the molecule is COC(C(=O)N(C)C1C2CCOC2C1(C)C)c1ccccc1. The lowest BCUT2D eigenvalue weighted by Gasteiger charge is -2.58. The fraction of sp³-hybridized carbons (Fsp3) is 0.611. The molecule has 4 nitrogen and oxygen atoms in total. The molecule has 2 fully saturated rings. The van der Waals surface area contributed by atoms with Crippen molar-refractivity contribution in [3.63, 3.8) is 0 Å². The van der Waals surface area contributed by atoms with E-state index < -0.39 is 6.10 Å². The Morgan fingerprint density at radius 3 is 2.68 bits per heavy atom. The molecule has 1 aliphatic carbocycles. The summed E-state index contributed by atoms with van der Waals surface area (Å²) in [6, 6.07) is 9.90. The van der Waals surface area contributed by atoms with Crippen LogP contribution in [0.1, 0.15) is 31.9 Å². The second kappa shape index (κ2) is 5.67. The van der Waals surface area contributed by atoms with Gasteiger partial charge in [0.15, 0.2) is 6.10 Å². The van der Waals surface area contributed by atoms with Crippen LogP contribution in [0.4, 0.5) is 0 Å². The number of methoxy groups -OCH3 is 1. The van der Waals surface area contributed by atoms with Gasteiger partial charge in [0.1, 0.15) is 0 Å². The van der Waals surface area contributed by atoms with Gasteiger partial charge in [0, 0.05) is 38.1 Å². The zero-order valence-corrected chi connectivity index (χ0v) is 13.8. The quantitative estimate of drug-likeness (QED) is 0.858. The van der Waals surface area contributed by atoms with Crippen LogP contribution in [0.25, 0.3) is 0 Å². The summed E-state index contributed by atoms with van der Waals surface area (Å²) in [6.45, 7) is 5.19. The van der Waals surface area contributed by atoms with Crippen molar-refractivity contribution in [3.05, 3.63) is 35.9 Å². The Morgan fingerprint density at radius 2 is 2.05 bits per heavy atom. The Bertz CT molecular complexity index is 543. The van der Waals surface area contributed by atoms with Gasteiger partial charge in [-0.25, -0.2) is 0 Å². The maximum atomic E-state index is 12.9. The molecule has 1 heterocycles. The molecular weight excluding hydrogens is 278 g/mol. The van der Waals surface area contributed by atoms with Crippen LogP contribution in [0.3, 0.4) is 0 Å². The van der Waals surface area contributed by atoms with Crippen molar-refractivity contribution in [2.45, 2.75) is 38.5 Å². The number of nitrogens with zero attached hydrogens (tertiary/aromatic N) is 1. The Labute approximate surface area is 132 Å². The van der Waals surface area contributed by atoms with E-state index in [0.717, 1.165) is 18.6 Å². The standard InChI is InChI=1S/C18H25NO3/c1-18(2)15(13-10-11-22-16(13)18)19(3)17(20)14(21-4)12-8-6-5-7-9-12/h5-9,13-16H,10-11H2,1-4H3. The Morgan fingerprint density at radius 1 is 1.36 bits per heavy atom. The predicted molar refractivity (Wildman–Crippen MR) is 84.4 cm³/mol. The van der Waals surface area contributed by atoms with Gasteiger partial charge in [0.05, 0.1) is 6.10 Å².